The number of hydrogen-bond acceptors (Lipinski definition) is 2. The van der Waals surface area contributed by atoms with Gasteiger partial charge in [0.15, 0.2) is 4.90 Å². The van der Waals surface area contributed by atoms with Crippen LogP contribution in [0.25, 0.3) is 0 Å². The Balaban J connectivity index is 1.62. The molecule has 0 radical (unpaired) electrons. The predicted octanol–water partition coefficient (Wildman–Crippen LogP) is 3.67. The summed E-state index contributed by atoms with van der Waals surface area (Å²) in [5.41, 5.74) is 3.13. The maximum absolute atomic E-state index is 12.2. The van der Waals surface area contributed by atoms with Gasteiger partial charge in [-0.1, -0.05) is 17.7 Å². The van der Waals surface area contributed by atoms with Gasteiger partial charge in [0.05, 0.1) is 0 Å². The van der Waals surface area contributed by atoms with Crippen molar-refractivity contribution in [2.24, 2.45) is 0 Å². The summed E-state index contributed by atoms with van der Waals surface area (Å²) in [4.78, 5) is 12.5. The summed E-state index contributed by atoms with van der Waals surface area (Å²) in [6, 6.07) is 11.9. The van der Waals surface area contributed by atoms with Gasteiger partial charge < -0.3 is 9.87 Å². The first kappa shape index (κ1) is 15.2. The van der Waals surface area contributed by atoms with Crippen molar-refractivity contribution in [1.29, 1.82) is 0 Å². The van der Waals surface area contributed by atoms with Crippen molar-refractivity contribution in [3.8, 4) is 0 Å². The molecular formula is C16H15ClN2O2S. The number of benzene rings is 2. The van der Waals surface area contributed by atoms with Gasteiger partial charge in [0.2, 0.25) is 0 Å². The topological polar surface area (TPSA) is 64.2 Å². The maximum atomic E-state index is 12.2. The average molecular weight is 335 g/mol. The Morgan fingerprint density at radius 2 is 1.82 bits per heavy atom. The molecule has 0 aliphatic heterocycles. The lowest BCUT2D eigenvalue weighted by Gasteiger charge is -2.12. The molecule has 3 rings (SSSR count). The van der Waals surface area contributed by atoms with Crippen LogP contribution in [0.5, 0.6) is 0 Å². The Hall–Kier alpha value is -1.69. The highest BCUT2D eigenvalue weighted by molar-refractivity contribution is 7.90. The SMILES string of the molecule is O=C(Nc1ccc(Cl)cc1)N[S+]([O-])c1ccc2c(c1)CCC2. The van der Waals surface area contributed by atoms with Gasteiger partial charge in [0.25, 0.3) is 0 Å². The van der Waals surface area contributed by atoms with E-state index in [2.05, 4.69) is 10.0 Å². The van der Waals surface area contributed by atoms with E-state index in [0.717, 1.165) is 19.3 Å². The minimum absolute atomic E-state index is 0.513. The first-order chi connectivity index (χ1) is 10.6. The summed E-state index contributed by atoms with van der Waals surface area (Å²) < 4.78 is 14.7. The number of urea groups is 1. The first-order valence-electron chi connectivity index (χ1n) is 6.98. The second-order valence-corrected chi connectivity index (χ2v) is 6.77. The van der Waals surface area contributed by atoms with Gasteiger partial charge in [-0.15, -0.1) is 4.72 Å². The van der Waals surface area contributed by atoms with Crippen molar-refractivity contribution in [3.63, 3.8) is 0 Å². The van der Waals surface area contributed by atoms with Crippen LogP contribution in [0.3, 0.4) is 0 Å². The Labute approximate surface area is 137 Å². The van der Waals surface area contributed by atoms with Gasteiger partial charge in [-0.3, -0.25) is 0 Å². The molecule has 22 heavy (non-hydrogen) atoms. The maximum Gasteiger partial charge on any atom is 0.361 e. The molecule has 0 bridgehead atoms. The van der Waals surface area contributed by atoms with Crippen molar-refractivity contribution in [3.05, 3.63) is 58.6 Å². The normalized spacial score (nSPS) is 14.3. The zero-order valence-corrected chi connectivity index (χ0v) is 13.3. The number of carbonyl (C=O) groups excluding carboxylic acids is 1. The molecule has 2 aromatic carbocycles. The summed E-state index contributed by atoms with van der Waals surface area (Å²) in [6.07, 6.45) is 3.22. The summed E-state index contributed by atoms with van der Waals surface area (Å²) in [5, 5.41) is 3.21. The summed E-state index contributed by atoms with van der Waals surface area (Å²) in [6.45, 7) is 0. The van der Waals surface area contributed by atoms with E-state index >= 15 is 0 Å². The molecular weight excluding hydrogens is 320 g/mol. The third kappa shape index (κ3) is 3.55. The van der Waals surface area contributed by atoms with Gasteiger partial charge in [-0.25, -0.2) is 4.79 Å². The number of amides is 2. The quantitative estimate of drug-likeness (QED) is 0.841. The molecule has 1 unspecified atom stereocenters. The third-order valence-electron chi connectivity index (χ3n) is 3.57. The summed E-state index contributed by atoms with van der Waals surface area (Å²) in [7, 11) is 0. The molecule has 4 nitrogen and oxygen atoms in total. The highest BCUT2D eigenvalue weighted by atomic mass is 35.5. The van der Waals surface area contributed by atoms with E-state index in [1.165, 1.54) is 11.1 Å². The van der Waals surface area contributed by atoms with Gasteiger partial charge in [0.1, 0.15) is 11.4 Å². The molecule has 0 fully saturated rings. The lowest BCUT2D eigenvalue weighted by Crippen LogP contribution is -2.34. The van der Waals surface area contributed by atoms with E-state index in [-0.39, 0.29) is 0 Å². The highest BCUT2D eigenvalue weighted by Crippen LogP contribution is 2.24. The number of halogens is 1. The van der Waals surface area contributed by atoms with Crippen LogP contribution in [-0.4, -0.2) is 10.6 Å². The Morgan fingerprint density at radius 1 is 1.09 bits per heavy atom. The van der Waals surface area contributed by atoms with Crippen LogP contribution in [0.4, 0.5) is 10.5 Å². The van der Waals surface area contributed by atoms with Gasteiger partial charge >= 0.3 is 6.03 Å². The smallest absolute Gasteiger partial charge is 0.361 e. The average Bonchev–Trinajstić information content (AvgIpc) is 2.97. The monoisotopic (exact) mass is 334 g/mol. The van der Waals surface area contributed by atoms with Crippen LogP contribution < -0.4 is 10.0 Å². The minimum Gasteiger partial charge on any atom is -0.588 e. The van der Waals surface area contributed by atoms with Crippen LogP contribution in [0.2, 0.25) is 5.02 Å². The number of rotatable bonds is 3. The molecule has 2 amide bonds. The molecule has 114 valence electrons. The molecule has 6 heteroatoms. The lowest BCUT2D eigenvalue weighted by atomic mass is 10.1. The first-order valence-corrected chi connectivity index (χ1v) is 8.51. The van der Waals surface area contributed by atoms with Crippen molar-refractivity contribution in [2.75, 3.05) is 5.32 Å². The summed E-state index contributed by atoms with van der Waals surface area (Å²) in [5.74, 6) is 0. The van der Waals surface area contributed by atoms with Crippen LogP contribution >= 0.6 is 11.6 Å². The Morgan fingerprint density at radius 3 is 2.59 bits per heavy atom. The number of carbonyl (C=O) groups is 1. The highest BCUT2D eigenvalue weighted by Gasteiger charge is 2.19. The van der Waals surface area contributed by atoms with Crippen molar-refractivity contribution in [1.82, 2.24) is 4.72 Å². The second-order valence-electron chi connectivity index (χ2n) is 5.12. The molecule has 2 N–H and O–H groups in total. The van der Waals surface area contributed by atoms with E-state index < -0.39 is 17.4 Å². The van der Waals surface area contributed by atoms with Gasteiger partial charge in [-0.2, -0.15) is 0 Å². The molecule has 0 saturated carbocycles. The molecule has 0 heterocycles. The Bertz CT molecular complexity index is 691. The number of hydrogen-bond donors (Lipinski definition) is 2. The lowest BCUT2D eigenvalue weighted by molar-refractivity contribution is 0.256. The number of aryl methyl sites for hydroxylation is 2. The fraction of sp³-hybridized carbons (Fsp3) is 0.188. The molecule has 1 aliphatic carbocycles. The van der Waals surface area contributed by atoms with Gasteiger partial charge in [0, 0.05) is 10.7 Å². The molecule has 2 aromatic rings. The third-order valence-corrected chi connectivity index (χ3v) is 4.88. The Kier molecular flexibility index (Phi) is 4.57. The summed E-state index contributed by atoms with van der Waals surface area (Å²) >= 11 is 4.21. The number of anilines is 1. The predicted molar refractivity (Wildman–Crippen MR) is 88.5 cm³/mol. The molecule has 0 saturated heterocycles. The van der Waals surface area contributed by atoms with Crippen LogP contribution in [-0.2, 0) is 24.2 Å². The van der Waals surface area contributed by atoms with Crippen molar-refractivity contribution < 1.29 is 9.35 Å². The molecule has 1 atom stereocenters. The fourth-order valence-corrected chi connectivity index (χ4v) is 3.40. The molecule has 1 aliphatic rings. The zero-order valence-electron chi connectivity index (χ0n) is 11.8. The van der Waals surface area contributed by atoms with Crippen LogP contribution in [0, 0.1) is 0 Å². The van der Waals surface area contributed by atoms with Gasteiger partial charge in [-0.05, 0) is 66.8 Å². The van der Waals surface area contributed by atoms with E-state index in [1.54, 1.807) is 24.3 Å². The molecule has 0 spiro atoms. The number of fused-ring (bicyclic) bond motifs is 1. The standard InChI is InChI=1S/C16H15ClN2O2S/c17-13-5-7-14(8-6-13)18-16(20)19-22(21)15-9-4-11-2-1-3-12(11)10-15/h4-10H,1-3H2,(H2,18,19,20). The minimum atomic E-state index is -1.57. The van der Waals surface area contributed by atoms with Crippen LogP contribution in [0.15, 0.2) is 47.4 Å². The van der Waals surface area contributed by atoms with E-state index in [1.807, 2.05) is 18.2 Å². The second kappa shape index (κ2) is 6.60. The fourth-order valence-electron chi connectivity index (χ4n) is 2.50. The van der Waals surface area contributed by atoms with E-state index in [4.69, 9.17) is 11.6 Å². The van der Waals surface area contributed by atoms with Crippen molar-refractivity contribution >= 4 is 34.7 Å². The van der Waals surface area contributed by atoms with Crippen molar-refractivity contribution in [2.45, 2.75) is 24.2 Å². The largest absolute Gasteiger partial charge is 0.588 e. The van der Waals surface area contributed by atoms with E-state index in [0.29, 0.717) is 15.6 Å². The zero-order chi connectivity index (χ0) is 15.5. The molecule has 0 aromatic heterocycles. The van der Waals surface area contributed by atoms with E-state index in [9.17, 15) is 9.35 Å². The van der Waals surface area contributed by atoms with Crippen LogP contribution in [0.1, 0.15) is 17.5 Å². The number of nitrogens with one attached hydrogen (secondary N) is 2.